The topological polar surface area (TPSA) is 23.8 Å². The molecule has 2 heteroatoms. The van der Waals surface area contributed by atoms with Gasteiger partial charge in [0.15, 0.2) is 0 Å². The lowest BCUT2D eigenvalue weighted by Crippen LogP contribution is -1.98. The van der Waals surface area contributed by atoms with Crippen molar-refractivity contribution in [3.8, 4) is 6.07 Å². The van der Waals surface area contributed by atoms with Crippen LogP contribution >= 0.6 is 11.6 Å². The highest BCUT2D eigenvalue weighted by Gasteiger charge is 2.13. The Balaban J connectivity index is 2.60. The van der Waals surface area contributed by atoms with Crippen LogP contribution in [0, 0.1) is 11.3 Å². The molecule has 0 bridgehead atoms. The van der Waals surface area contributed by atoms with Gasteiger partial charge in [-0.15, -0.1) is 0 Å². The van der Waals surface area contributed by atoms with Gasteiger partial charge in [-0.05, 0) is 29.5 Å². The van der Waals surface area contributed by atoms with Crippen molar-refractivity contribution in [2.45, 2.75) is 19.3 Å². The van der Waals surface area contributed by atoms with Crippen molar-refractivity contribution in [1.29, 1.82) is 5.26 Å². The van der Waals surface area contributed by atoms with Gasteiger partial charge in [0.1, 0.15) is 6.07 Å². The van der Waals surface area contributed by atoms with Gasteiger partial charge in [0.05, 0.1) is 10.6 Å². The number of allylic oxidation sites excluding steroid dienone is 3. The number of nitriles is 1. The van der Waals surface area contributed by atoms with Crippen molar-refractivity contribution in [1.82, 2.24) is 0 Å². The van der Waals surface area contributed by atoms with E-state index in [2.05, 4.69) is 19.1 Å². The highest BCUT2D eigenvalue weighted by molar-refractivity contribution is 6.32. The predicted octanol–water partition coefficient (Wildman–Crippen LogP) is 4.22. The molecule has 1 aliphatic carbocycles. The summed E-state index contributed by atoms with van der Waals surface area (Å²) in [6, 6.07) is 10.3. The maximum absolute atomic E-state index is 9.03. The fourth-order valence-electron chi connectivity index (χ4n) is 1.92. The fourth-order valence-corrected chi connectivity index (χ4v) is 2.10. The molecule has 1 aliphatic rings. The van der Waals surface area contributed by atoms with Crippen LogP contribution in [0.25, 0.3) is 6.08 Å². The van der Waals surface area contributed by atoms with E-state index in [1.165, 1.54) is 5.56 Å². The minimum absolute atomic E-state index is 0.432. The average Bonchev–Trinajstić information content (AvgIpc) is 2.31. The number of benzene rings is 1. The van der Waals surface area contributed by atoms with Crippen LogP contribution in [0.2, 0.25) is 0 Å². The highest BCUT2D eigenvalue weighted by atomic mass is 35.5. The van der Waals surface area contributed by atoms with Gasteiger partial charge in [-0.1, -0.05) is 48.9 Å². The van der Waals surface area contributed by atoms with Crippen LogP contribution in [-0.2, 0) is 0 Å². The van der Waals surface area contributed by atoms with E-state index in [1.54, 1.807) is 0 Å². The Morgan fingerprint density at radius 2 is 2.12 bits per heavy atom. The second kappa shape index (κ2) is 4.55. The molecule has 1 unspecified atom stereocenters. The van der Waals surface area contributed by atoms with E-state index in [0.717, 1.165) is 12.0 Å². The largest absolute Gasteiger partial charge is 0.192 e. The third kappa shape index (κ3) is 2.03. The summed E-state index contributed by atoms with van der Waals surface area (Å²) in [4.78, 5) is 0. The maximum Gasteiger partial charge on any atom is 0.101 e. The van der Waals surface area contributed by atoms with Crippen LogP contribution in [0.3, 0.4) is 0 Å². The van der Waals surface area contributed by atoms with Crippen LogP contribution in [0.1, 0.15) is 30.4 Å². The monoisotopic (exact) mass is 229 g/mol. The van der Waals surface area contributed by atoms with Gasteiger partial charge in [0.25, 0.3) is 0 Å². The highest BCUT2D eigenvalue weighted by Crippen LogP contribution is 2.30. The molecule has 0 aromatic heterocycles. The lowest BCUT2D eigenvalue weighted by molar-refractivity contribution is 0.776. The molecule has 0 radical (unpaired) electrons. The summed E-state index contributed by atoms with van der Waals surface area (Å²) in [6.45, 7) is 2.17. The summed E-state index contributed by atoms with van der Waals surface area (Å²) in [5.41, 5.74) is 2.91. The minimum atomic E-state index is 0.432. The normalized spacial score (nSPS) is 26.2. The molecule has 0 spiro atoms. The molecular weight excluding hydrogens is 218 g/mol. The molecule has 1 nitrogen and oxygen atoms in total. The Kier molecular flexibility index (Phi) is 3.12. The van der Waals surface area contributed by atoms with Crippen molar-refractivity contribution >= 4 is 17.7 Å². The van der Waals surface area contributed by atoms with Gasteiger partial charge in [-0.2, -0.15) is 5.26 Å². The zero-order valence-corrected chi connectivity index (χ0v) is 9.83. The lowest BCUT2D eigenvalue weighted by atomic mass is 9.90. The van der Waals surface area contributed by atoms with Crippen molar-refractivity contribution in [3.63, 3.8) is 0 Å². The van der Waals surface area contributed by atoms with E-state index in [1.807, 2.05) is 30.4 Å². The first-order valence-electron chi connectivity index (χ1n) is 5.29. The molecule has 0 saturated heterocycles. The standard InChI is InChI=1S/C14H12ClN/c1-10-6-7-14(15)12(9-16)8-11-4-2-3-5-13(10)11/h2-5,7-8,10H,6H2,1H3/b12-8-,14-7-. The Morgan fingerprint density at radius 1 is 1.38 bits per heavy atom. The molecule has 1 atom stereocenters. The molecule has 0 N–H and O–H groups in total. The number of nitrogens with zero attached hydrogens (tertiary/aromatic N) is 1. The molecule has 2 rings (SSSR count). The van der Waals surface area contributed by atoms with E-state index in [-0.39, 0.29) is 0 Å². The predicted molar refractivity (Wildman–Crippen MR) is 67.0 cm³/mol. The molecule has 0 heterocycles. The molecule has 0 amide bonds. The zero-order valence-electron chi connectivity index (χ0n) is 9.07. The van der Waals surface area contributed by atoms with Gasteiger partial charge >= 0.3 is 0 Å². The quantitative estimate of drug-likeness (QED) is 0.653. The first-order valence-corrected chi connectivity index (χ1v) is 5.67. The van der Waals surface area contributed by atoms with Gasteiger partial charge < -0.3 is 0 Å². The fraction of sp³-hybridized carbons (Fsp3) is 0.214. The van der Waals surface area contributed by atoms with Crippen molar-refractivity contribution in [2.75, 3.05) is 0 Å². The number of hydrogen-bond acceptors (Lipinski definition) is 1. The summed E-state index contributed by atoms with van der Waals surface area (Å²) in [6.07, 6.45) is 4.66. The molecule has 1 aromatic carbocycles. The van der Waals surface area contributed by atoms with Gasteiger partial charge in [-0.25, -0.2) is 0 Å². The third-order valence-electron chi connectivity index (χ3n) is 2.86. The average molecular weight is 230 g/mol. The Morgan fingerprint density at radius 3 is 2.88 bits per heavy atom. The first-order chi connectivity index (χ1) is 7.72. The molecule has 0 fully saturated rings. The molecule has 0 aliphatic heterocycles. The molecule has 16 heavy (non-hydrogen) atoms. The summed E-state index contributed by atoms with van der Waals surface area (Å²) in [7, 11) is 0. The zero-order chi connectivity index (χ0) is 11.5. The minimum Gasteiger partial charge on any atom is -0.192 e. The summed E-state index contributed by atoms with van der Waals surface area (Å²) in [5.74, 6) is 0.432. The van der Waals surface area contributed by atoms with E-state index >= 15 is 0 Å². The first kappa shape index (κ1) is 11.0. The van der Waals surface area contributed by atoms with Crippen LogP contribution in [0.15, 0.2) is 40.9 Å². The Labute approximate surface area is 101 Å². The molecule has 80 valence electrons. The van der Waals surface area contributed by atoms with Crippen LogP contribution in [0.5, 0.6) is 0 Å². The van der Waals surface area contributed by atoms with Crippen LogP contribution in [-0.4, -0.2) is 0 Å². The molecular formula is C14H12ClN. The third-order valence-corrected chi connectivity index (χ3v) is 3.21. The molecule has 1 aromatic rings. The summed E-state index contributed by atoms with van der Waals surface area (Å²) in [5, 5.41) is 9.59. The lowest BCUT2D eigenvalue weighted by Gasteiger charge is -2.15. The number of hydrogen-bond donors (Lipinski definition) is 0. The Hall–Kier alpha value is -1.52. The van der Waals surface area contributed by atoms with Crippen molar-refractivity contribution in [2.24, 2.45) is 0 Å². The maximum atomic E-state index is 9.03. The summed E-state index contributed by atoms with van der Waals surface area (Å²) >= 11 is 6.06. The van der Waals surface area contributed by atoms with Crippen molar-refractivity contribution < 1.29 is 0 Å². The van der Waals surface area contributed by atoms with Gasteiger partial charge in [-0.3, -0.25) is 0 Å². The van der Waals surface area contributed by atoms with Gasteiger partial charge in [0.2, 0.25) is 0 Å². The van der Waals surface area contributed by atoms with Crippen LogP contribution in [0.4, 0.5) is 0 Å². The number of halogens is 1. The molecule has 0 saturated carbocycles. The number of fused-ring (bicyclic) bond motifs is 1. The SMILES string of the molecule is CC1C/C=C(Cl)/C(C#N)=C\c2ccccc21. The van der Waals surface area contributed by atoms with E-state index in [4.69, 9.17) is 16.9 Å². The van der Waals surface area contributed by atoms with Gasteiger partial charge in [0, 0.05) is 0 Å². The van der Waals surface area contributed by atoms with E-state index < -0.39 is 0 Å². The second-order valence-electron chi connectivity index (χ2n) is 3.99. The van der Waals surface area contributed by atoms with Crippen LogP contribution < -0.4 is 0 Å². The number of rotatable bonds is 0. The van der Waals surface area contributed by atoms with E-state index in [0.29, 0.717) is 16.5 Å². The summed E-state index contributed by atoms with van der Waals surface area (Å²) < 4.78 is 0. The van der Waals surface area contributed by atoms with Crippen molar-refractivity contribution in [3.05, 3.63) is 52.1 Å². The van der Waals surface area contributed by atoms with E-state index in [9.17, 15) is 0 Å². The second-order valence-corrected chi connectivity index (χ2v) is 4.39. The Bertz CT molecular complexity index is 506. The smallest absolute Gasteiger partial charge is 0.101 e.